The molecule has 2 aromatic heterocycles. The predicted octanol–water partition coefficient (Wildman–Crippen LogP) is 4.81. The van der Waals surface area contributed by atoms with E-state index in [0.717, 1.165) is 74.2 Å². The number of aromatic nitrogens is 4. The Hall–Kier alpha value is -3.36. The topological polar surface area (TPSA) is 112 Å². The van der Waals surface area contributed by atoms with Gasteiger partial charge in [0.05, 0.1) is 17.1 Å². The van der Waals surface area contributed by atoms with Gasteiger partial charge in [0.15, 0.2) is 0 Å². The lowest BCUT2D eigenvalue weighted by Gasteiger charge is -2.54. The largest absolute Gasteiger partial charge is 0.371 e. The smallest absolute Gasteiger partial charge is 0.242 e. The molecule has 1 amide bonds. The average Bonchev–Trinajstić information content (AvgIpc) is 3.41. The Morgan fingerprint density at radius 2 is 1.84 bits per heavy atom. The van der Waals surface area contributed by atoms with E-state index in [0.29, 0.717) is 35.8 Å². The van der Waals surface area contributed by atoms with E-state index >= 15 is 0 Å². The fourth-order valence-electron chi connectivity index (χ4n) is 7.83. The number of fused-ring (bicyclic) bond motifs is 1. The van der Waals surface area contributed by atoms with Crippen LogP contribution in [0.25, 0.3) is 10.9 Å². The number of halogens is 2. The Labute approximate surface area is 298 Å². The van der Waals surface area contributed by atoms with E-state index in [1.807, 2.05) is 23.7 Å². The summed E-state index contributed by atoms with van der Waals surface area (Å²) in [6, 6.07) is 4.71. The van der Waals surface area contributed by atoms with E-state index in [1.54, 1.807) is 7.05 Å². The summed E-state index contributed by atoms with van der Waals surface area (Å²) in [4.78, 5) is 37.4. The van der Waals surface area contributed by atoms with Crippen LogP contribution in [0.15, 0.2) is 24.5 Å². The molecule has 1 spiro atoms. The molecule has 3 fully saturated rings. The van der Waals surface area contributed by atoms with E-state index in [4.69, 9.17) is 5.10 Å². The van der Waals surface area contributed by atoms with Gasteiger partial charge in [0.1, 0.15) is 6.29 Å². The van der Waals surface area contributed by atoms with Gasteiger partial charge in [-0.25, -0.2) is 18.7 Å². The molecule has 11 nitrogen and oxygen atoms in total. The first-order valence-electron chi connectivity index (χ1n) is 18.0. The molecule has 3 aliphatic rings. The van der Waals surface area contributed by atoms with Crippen molar-refractivity contribution in [3.05, 3.63) is 41.3 Å². The van der Waals surface area contributed by atoms with Crippen LogP contribution in [0, 0.1) is 12.3 Å². The summed E-state index contributed by atoms with van der Waals surface area (Å²) in [5.41, 5.74) is 5.11. The second-order valence-electron chi connectivity index (χ2n) is 14.4. The molecule has 3 saturated heterocycles. The normalized spacial score (nSPS) is 19.2. The number of benzene rings is 1. The Morgan fingerprint density at radius 1 is 1.12 bits per heavy atom. The van der Waals surface area contributed by atoms with Gasteiger partial charge in [-0.15, -0.1) is 0 Å². The van der Waals surface area contributed by atoms with Crippen LogP contribution in [-0.2, 0) is 23.1 Å². The van der Waals surface area contributed by atoms with Crippen molar-refractivity contribution < 1.29 is 18.4 Å². The predicted molar refractivity (Wildman–Crippen MR) is 195 cm³/mol. The molecule has 0 saturated carbocycles. The van der Waals surface area contributed by atoms with Gasteiger partial charge in [0.25, 0.3) is 0 Å². The molecule has 0 aliphatic carbocycles. The maximum Gasteiger partial charge on any atom is 0.242 e. The Bertz CT molecular complexity index is 1600. The van der Waals surface area contributed by atoms with E-state index < -0.39 is 12.3 Å². The number of aldehydes is 1. The highest BCUT2D eigenvalue weighted by Gasteiger charge is 2.44. The second-order valence-corrected chi connectivity index (χ2v) is 15.5. The number of hydrogen-bond donors (Lipinski definition) is 2. The van der Waals surface area contributed by atoms with Crippen LogP contribution >= 0.6 is 11.9 Å². The molecule has 272 valence electrons. The minimum absolute atomic E-state index is 0.0696. The fourth-order valence-corrected chi connectivity index (χ4v) is 8.81. The van der Waals surface area contributed by atoms with Crippen molar-refractivity contribution in [1.29, 1.82) is 0 Å². The minimum Gasteiger partial charge on any atom is -0.371 e. The molecule has 0 bridgehead atoms. The summed E-state index contributed by atoms with van der Waals surface area (Å²) < 4.78 is 29.4. The summed E-state index contributed by atoms with van der Waals surface area (Å²) in [6.45, 7) is 9.81. The quantitative estimate of drug-likeness (QED) is 0.130. The van der Waals surface area contributed by atoms with Crippen molar-refractivity contribution in [2.75, 3.05) is 68.8 Å². The number of rotatable bonds is 15. The molecular weight excluding hydrogens is 661 g/mol. The first kappa shape index (κ1) is 36.4. The van der Waals surface area contributed by atoms with Crippen molar-refractivity contribution in [2.24, 2.45) is 12.5 Å². The number of anilines is 2. The first-order chi connectivity index (χ1) is 24.1. The summed E-state index contributed by atoms with van der Waals surface area (Å²) in [5.74, 6) is 1.17. The van der Waals surface area contributed by atoms with Gasteiger partial charge < -0.3 is 25.2 Å². The number of aryl methyl sites for hydroxylation is 2. The van der Waals surface area contributed by atoms with Gasteiger partial charge in [-0.2, -0.15) is 5.10 Å². The number of likely N-dealkylation sites (tertiary alicyclic amines) is 1. The number of nitrogens with one attached hydrogen (secondary N) is 2. The lowest BCUT2D eigenvalue weighted by molar-refractivity contribution is -0.120. The van der Waals surface area contributed by atoms with Gasteiger partial charge in [0, 0.05) is 101 Å². The summed E-state index contributed by atoms with van der Waals surface area (Å²) in [5, 5.41) is 11.7. The summed E-state index contributed by atoms with van der Waals surface area (Å²) in [7, 11) is 3.54. The minimum atomic E-state index is -2.38. The maximum atomic E-state index is 12.6. The number of nitrogens with zero attached hydrogens (tertiary/aromatic N) is 7. The Balaban J connectivity index is 0.894. The zero-order chi connectivity index (χ0) is 35.3. The third-order valence-corrected chi connectivity index (χ3v) is 11.9. The van der Waals surface area contributed by atoms with E-state index in [2.05, 4.69) is 53.8 Å². The molecule has 1 unspecified atom stereocenters. The summed E-state index contributed by atoms with van der Waals surface area (Å²) in [6.07, 6.45) is 7.57. The zero-order valence-corrected chi connectivity index (χ0v) is 30.4. The van der Waals surface area contributed by atoms with Gasteiger partial charge in [-0.05, 0) is 80.7 Å². The number of amides is 1. The zero-order valence-electron chi connectivity index (χ0n) is 29.5. The number of carbonyl (C=O) groups excluding carboxylic acids is 2. The van der Waals surface area contributed by atoms with Crippen LogP contribution in [-0.4, -0.2) is 112 Å². The molecule has 14 heteroatoms. The lowest BCUT2D eigenvalue weighted by Crippen LogP contribution is -2.60. The number of hydrogen-bond acceptors (Lipinski definition) is 10. The highest BCUT2D eigenvalue weighted by Crippen LogP contribution is 2.42. The maximum absolute atomic E-state index is 12.6. The second kappa shape index (κ2) is 16.3. The molecule has 2 N–H and O–H groups in total. The van der Waals surface area contributed by atoms with Crippen molar-refractivity contribution in [3.8, 4) is 0 Å². The molecule has 50 heavy (non-hydrogen) atoms. The van der Waals surface area contributed by atoms with E-state index in [9.17, 15) is 18.4 Å². The molecule has 1 atom stereocenters. The van der Waals surface area contributed by atoms with Gasteiger partial charge in [0.2, 0.25) is 18.3 Å². The van der Waals surface area contributed by atoms with Crippen LogP contribution in [0.2, 0.25) is 0 Å². The molecule has 3 aromatic rings. The van der Waals surface area contributed by atoms with Crippen molar-refractivity contribution in [1.82, 2.24) is 34.3 Å². The third-order valence-electron chi connectivity index (χ3n) is 10.7. The van der Waals surface area contributed by atoms with Crippen LogP contribution in [0.3, 0.4) is 0 Å². The standard InChI is InChI=1S/C36H51F2N9O2S/c1-25-17-29-31(44(3)43-34(29)27(22-48)5-6-33(49)39-2)19-30(25)46-14-9-36(10-15-46)23-45(24-36)11-4-16-50-47-12-7-28(8-13-47)42-35-40-20-26(21-41-35)18-32(37)38/h17,19-22,27-28,32H,4-16,18,23-24H2,1-3H3,(H,39,49)(H,40,41,42). The monoisotopic (exact) mass is 711 g/mol. The first-order valence-corrected chi connectivity index (χ1v) is 18.9. The molecular formula is C36H51F2N9O2S. The van der Waals surface area contributed by atoms with Crippen LogP contribution in [0.1, 0.15) is 67.7 Å². The van der Waals surface area contributed by atoms with Crippen LogP contribution in [0.4, 0.5) is 20.4 Å². The Kier molecular flexibility index (Phi) is 11.9. The molecule has 5 heterocycles. The number of carbonyl (C=O) groups is 2. The molecule has 1 aromatic carbocycles. The number of alkyl halides is 2. The highest BCUT2D eigenvalue weighted by atomic mass is 32.2. The fraction of sp³-hybridized carbons (Fsp3) is 0.639. The highest BCUT2D eigenvalue weighted by molar-refractivity contribution is 7.97. The average molecular weight is 712 g/mol. The molecule has 6 rings (SSSR count). The van der Waals surface area contributed by atoms with Crippen molar-refractivity contribution in [2.45, 2.75) is 76.7 Å². The van der Waals surface area contributed by atoms with Crippen molar-refractivity contribution >= 4 is 46.7 Å². The van der Waals surface area contributed by atoms with Gasteiger partial charge in [-0.1, -0.05) is 11.9 Å². The third kappa shape index (κ3) is 8.74. The van der Waals surface area contributed by atoms with E-state index in [-0.39, 0.29) is 12.3 Å². The van der Waals surface area contributed by atoms with Gasteiger partial charge in [-0.3, -0.25) is 13.8 Å². The number of piperidine rings is 2. The van der Waals surface area contributed by atoms with Gasteiger partial charge >= 0.3 is 0 Å². The van der Waals surface area contributed by atoms with Crippen LogP contribution in [0.5, 0.6) is 0 Å². The SMILES string of the molecule is CNC(=O)CCC(C=O)c1nn(C)c2cc(N3CCC4(CC3)CN(CCCSN3CCC(Nc5ncc(CC(F)F)cn5)CC3)C4)c(C)cc12. The molecule has 3 aliphatic heterocycles. The Morgan fingerprint density at radius 3 is 2.50 bits per heavy atom. The van der Waals surface area contributed by atoms with E-state index in [1.165, 1.54) is 56.0 Å². The lowest BCUT2D eigenvalue weighted by atomic mass is 9.72. The van der Waals surface area contributed by atoms with Crippen molar-refractivity contribution in [3.63, 3.8) is 0 Å². The van der Waals surface area contributed by atoms with Crippen LogP contribution < -0.4 is 15.5 Å². The molecule has 0 radical (unpaired) electrons. The summed E-state index contributed by atoms with van der Waals surface area (Å²) >= 11 is 1.96.